The van der Waals surface area contributed by atoms with Gasteiger partial charge in [0, 0.05) is 12.5 Å². The Labute approximate surface area is 54.9 Å². The summed E-state index contributed by atoms with van der Waals surface area (Å²) in [5, 5.41) is 8.57. The van der Waals surface area contributed by atoms with Gasteiger partial charge in [0.15, 0.2) is 0 Å². The molecule has 1 aliphatic carbocycles. The van der Waals surface area contributed by atoms with Crippen molar-refractivity contribution in [1.29, 1.82) is 0 Å². The van der Waals surface area contributed by atoms with Gasteiger partial charge < -0.3 is 5.11 Å². The summed E-state index contributed by atoms with van der Waals surface area (Å²) < 4.78 is 0. The minimum atomic E-state index is 0.254. The van der Waals surface area contributed by atoms with E-state index in [4.69, 9.17) is 5.11 Å². The van der Waals surface area contributed by atoms with E-state index in [1.165, 1.54) is 0 Å². The van der Waals surface area contributed by atoms with Crippen molar-refractivity contribution in [3.8, 4) is 0 Å². The van der Waals surface area contributed by atoms with Gasteiger partial charge in [-0.1, -0.05) is 0 Å². The van der Waals surface area contributed by atoms with Crippen LogP contribution >= 0.6 is 0 Å². The van der Waals surface area contributed by atoms with Gasteiger partial charge in [0.1, 0.15) is 5.78 Å². The van der Waals surface area contributed by atoms with Crippen LogP contribution in [0.25, 0.3) is 0 Å². The molecule has 52 valence electrons. The van der Waals surface area contributed by atoms with Crippen LogP contribution < -0.4 is 0 Å². The molecular weight excluding hydrogens is 116 g/mol. The molecule has 2 nitrogen and oxygen atoms in total. The molecule has 1 fully saturated rings. The summed E-state index contributed by atoms with van der Waals surface area (Å²) in [6.07, 6.45) is 1.82. The lowest BCUT2D eigenvalue weighted by atomic mass is 9.73. The number of carbonyl (C=O) groups is 1. The molecule has 0 heterocycles. The lowest BCUT2D eigenvalue weighted by molar-refractivity contribution is -0.125. The van der Waals surface area contributed by atoms with Gasteiger partial charge in [-0.25, -0.2) is 0 Å². The average Bonchev–Trinajstić information content (AvgIpc) is 1.61. The third-order valence-electron chi connectivity index (χ3n) is 2.07. The van der Waals surface area contributed by atoms with Gasteiger partial charge in [0.2, 0.25) is 0 Å². The summed E-state index contributed by atoms with van der Waals surface area (Å²) in [6, 6.07) is 0. The highest BCUT2D eigenvalue weighted by atomic mass is 16.3. The average molecular weight is 128 g/mol. The maximum atomic E-state index is 10.6. The maximum absolute atomic E-state index is 10.6. The number of hydrogen-bond donors (Lipinski definition) is 1. The van der Waals surface area contributed by atoms with Crippen LogP contribution in [-0.2, 0) is 4.79 Å². The van der Waals surface area contributed by atoms with E-state index in [2.05, 4.69) is 0 Å². The highest BCUT2D eigenvalue weighted by Crippen LogP contribution is 2.33. The van der Waals surface area contributed by atoms with E-state index in [-0.39, 0.29) is 18.3 Å². The van der Waals surface area contributed by atoms with Gasteiger partial charge in [-0.2, -0.15) is 0 Å². The van der Waals surface area contributed by atoms with Crippen LogP contribution in [0.4, 0.5) is 0 Å². The van der Waals surface area contributed by atoms with Crippen molar-refractivity contribution in [2.75, 3.05) is 6.61 Å². The normalized spacial score (nSPS) is 33.6. The summed E-state index contributed by atoms with van der Waals surface area (Å²) >= 11 is 0. The van der Waals surface area contributed by atoms with E-state index >= 15 is 0 Å². The highest BCUT2D eigenvalue weighted by Gasteiger charge is 2.31. The van der Waals surface area contributed by atoms with Crippen LogP contribution in [0.2, 0.25) is 0 Å². The predicted octanol–water partition coefficient (Wildman–Crippen LogP) is 0.594. The number of carbonyl (C=O) groups excluding carboxylic acids is 1. The first-order valence-corrected chi connectivity index (χ1v) is 3.35. The van der Waals surface area contributed by atoms with Crippen molar-refractivity contribution in [3.63, 3.8) is 0 Å². The molecule has 1 aliphatic rings. The Hall–Kier alpha value is -0.370. The zero-order chi connectivity index (χ0) is 6.85. The van der Waals surface area contributed by atoms with Crippen LogP contribution in [-0.4, -0.2) is 17.5 Å². The van der Waals surface area contributed by atoms with Crippen LogP contribution in [0.1, 0.15) is 19.8 Å². The van der Waals surface area contributed by atoms with E-state index in [1.54, 1.807) is 6.92 Å². The van der Waals surface area contributed by atoms with Gasteiger partial charge in [-0.3, -0.25) is 4.79 Å². The zero-order valence-corrected chi connectivity index (χ0v) is 5.63. The minimum absolute atomic E-state index is 0.254. The summed E-state index contributed by atoms with van der Waals surface area (Å²) in [4.78, 5) is 10.6. The molecule has 0 spiro atoms. The summed E-state index contributed by atoms with van der Waals surface area (Å²) in [5.74, 6) is 0.959. The number of hydrogen-bond acceptors (Lipinski definition) is 2. The minimum Gasteiger partial charge on any atom is -0.396 e. The summed E-state index contributed by atoms with van der Waals surface area (Å²) in [5.41, 5.74) is 0. The molecule has 0 aromatic carbocycles. The number of aliphatic hydroxyl groups excluding tert-OH is 1. The fourth-order valence-corrected chi connectivity index (χ4v) is 1.22. The molecule has 0 aromatic rings. The molecule has 0 aromatic heterocycles. The summed E-state index contributed by atoms with van der Waals surface area (Å²) in [6.45, 7) is 1.88. The molecule has 1 N–H and O–H groups in total. The molecule has 1 saturated carbocycles. The Bertz CT molecular complexity index is 114. The van der Waals surface area contributed by atoms with E-state index in [9.17, 15) is 4.79 Å². The first kappa shape index (κ1) is 6.75. The van der Waals surface area contributed by atoms with Crippen LogP contribution in [0.3, 0.4) is 0 Å². The van der Waals surface area contributed by atoms with E-state index in [0.717, 1.165) is 12.8 Å². The van der Waals surface area contributed by atoms with Crippen LogP contribution in [0, 0.1) is 11.8 Å². The van der Waals surface area contributed by atoms with Crippen molar-refractivity contribution in [1.82, 2.24) is 0 Å². The van der Waals surface area contributed by atoms with E-state index in [1.807, 2.05) is 0 Å². The topological polar surface area (TPSA) is 37.3 Å². The van der Waals surface area contributed by atoms with E-state index in [0.29, 0.717) is 5.92 Å². The quantitative estimate of drug-likeness (QED) is 0.591. The van der Waals surface area contributed by atoms with Crippen molar-refractivity contribution in [3.05, 3.63) is 0 Å². The maximum Gasteiger partial charge on any atom is 0.132 e. The number of ketones is 1. The third kappa shape index (κ3) is 1.30. The molecule has 0 radical (unpaired) electrons. The highest BCUT2D eigenvalue weighted by molar-refractivity contribution is 5.79. The monoisotopic (exact) mass is 128 g/mol. The SMILES string of the molecule is CC(=O)C1CC(CO)C1. The first-order valence-electron chi connectivity index (χ1n) is 3.35. The second kappa shape index (κ2) is 2.48. The lowest BCUT2D eigenvalue weighted by Gasteiger charge is -2.31. The van der Waals surface area contributed by atoms with Crippen molar-refractivity contribution in [2.45, 2.75) is 19.8 Å². The standard InChI is InChI=1S/C7H12O2/c1-5(9)7-2-6(3-7)4-8/h6-8H,2-4H2,1H3. The molecule has 0 aliphatic heterocycles. The fourth-order valence-electron chi connectivity index (χ4n) is 1.22. The molecule has 0 amide bonds. The number of rotatable bonds is 2. The Kier molecular flexibility index (Phi) is 1.86. The summed E-state index contributed by atoms with van der Waals surface area (Å²) in [7, 11) is 0. The Balaban J connectivity index is 2.19. The van der Waals surface area contributed by atoms with E-state index < -0.39 is 0 Å². The molecule has 0 bridgehead atoms. The third-order valence-corrected chi connectivity index (χ3v) is 2.07. The molecule has 1 rings (SSSR count). The fraction of sp³-hybridized carbons (Fsp3) is 0.857. The molecule has 0 atom stereocenters. The molecule has 2 heteroatoms. The molecule has 0 saturated heterocycles. The Morgan fingerprint density at radius 2 is 2.22 bits per heavy atom. The van der Waals surface area contributed by atoms with Crippen molar-refractivity contribution < 1.29 is 9.90 Å². The van der Waals surface area contributed by atoms with Gasteiger partial charge in [0.05, 0.1) is 0 Å². The molecular formula is C7H12O2. The Morgan fingerprint density at radius 3 is 2.56 bits per heavy atom. The van der Waals surface area contributed by atoms with Gasteiger partial charge in [-0.05, 0) is 25.7 Å². The lowest BCUT2D eigenvalue weighted by Crippen LogP contribution is -2.30. The van der Waals surface area contributed by atoms with Gasteiger partial charge in [0.25, 0.3) is 0 Å². The Morgan fingerprint density at radius 1 is 1.67 bits per heavy atom. The second-order valence-corrected chi connectivity index (χ2v) is 2.83. The largest absolute Gasteiger partial charge is 0.396 e. The van der Waals surface area contributed by atoms with Crippen LogP contribution in [0.5, 0.6) is 0 Å². The number of aliphatic hydroxyl groups is 1. The zero-order valence-electron chi connectivity index (χ0n) is 5.63. The van der Waals surface area contributed by atoms with Gasteiger partial charge in [-0.15, -0.1) is 0 Å². The molecule has 0 unspecified atom stereocenters. The smallest absolute Gasteiger partial charge is 0.132 e. The van der Waals surface area contributed by atoms with Crippen molar-refractivity contribution in [2.24, 2.45) is 11.8 Å². The van der Waals surface area contributed by atoms with Crippen LogP contribution in [0.15, 0.2) is 0 Å². The molecule has 9 heavy (non-hydrogen) atoms. The van der Waals surface area contributed by atoms with Crippen molar-refractivity contribution >= 4 is 5.78 Å². The first-order chi connectivity index (χ1) is 4.24. The number of Topliss-reactive ketones (excluding diaryl/α,β-unsaturated/α-hetero) is 1. The van der Waals surface area contributed by atoms with Gasteiger partial charge >= 0.3 is 0 Å². The predicted molar refractivity (Wildman–Crippen MR) is 34.0 cm³/mol. The second-order valence-electron chi connectivity index (χ2n) is 2.83.